The fraction of sp³-hybridized carbons (Fsp3) is 0.636. The predicted octanol–water partition coefficient (Wildman–Crippen LogP) is 3.10. The number of nitrogens with zero attached hydrogens (tertiary/aromatic N) is 2. The molecule has 2 N–H and O–H groups in total. The number of anilines is 2. The molecule has 0 unspecified atom stereocenters. The quantitative estimate of drug-likeness (QED) is 0.753. The fourth-order valence-electron chi connectivity index (χ4n) is 3.37. The number of hydrogen-bond donors (Lipinski definition) is 2. The number of carbonyl (C=O) groups excluding carboxylic acids is 2. The van der Waals surface area contributed by atoms with Gasteiger partial charge in [-0.3, -0.25) is 14.5 Å². The van der Waals surface area contributed by atoms with Gasteiger partial charge in [0.05, 0.1) is 13.1 Å². The summed E-state index contributed by atoms with van der Waals surface area (Å²) in [7, 11) is 0. The van der Waals surface area contributed by atoms with Crippen LogP contribution >= 0.6 is 0 Å². The van der Waals surface area contributed by atoms with Gasteiger partial charge in [-0.05, 0) is 70.3 Å². The number of benzene rings is 1. The van der Waals surface area contributed by atoms with Gasteiger partial charge in [0, 0.05) is 30.0 Å². The molecule has 1 aliphatic rings. The van der Waals surface area contributed by atoms with Crippen molar-refractivity contribution in [1.29, 1.82) is 0 Å². The summed E-state index contributed by atoms with van der Waals surface area (Å²) in [6, 6.07) is 8.04. The highest BCUT2D eigenvalue weighted by atomic mass is 16.2. The van der Waals surface area contributed by atoms with Crippen LogP contribution in [0.1, 0.15) is 47.5 Å². The Morgan fingerprint density at radius 3 is 2.18 bits per heavy atom. The predicted molar refractivity (Wildman–Crippen MR) is 116 cm³/mol. The summed E-state index contributed by atoms with van der Waals surface area (Å²) in [5.74, 6) is 0.633. The van der Waals surface area contributed by atoms with Gasteiger partial charge >= 0.3 is 0 Å². The maximum Gasteiger partial charge on any atom is 0.238 e. The largest absolute Gasteiger partial charge is 0.372 e. The number of amides is 2. The third kappa shape index (κ3) is 7.50. The second kappa shape index (κ2) is 9.92. The molecular formula is C22H36N4O2. The van der Waals surface area contributed by atoms with E-state index in [1.54, 1.807) is 0 Å². The Balaban J connectivity index is 1.83. The molecule has 2 amide bonds. The zero-order chi connectivity index (χ0) is 20.7. The van der Waals surface area contributed by atoms with Crippen LogP contribution in [0.25, 0.3) is 0 Å². The zero-order valence-electron chi connectivity index (χ0n) is 18.0. The van der Waals surface area contributed by atoms with Gasteiger partial charge in [0.15, 0.2) is 0 Å². The number of nitrogens with one attached hydrogen (secondary N) is 2. The summed E-state index contributed by atoms with van der Waals surface area (Å²) in [4.78, 5) is 28.7. The van der Waals surface area contributed by atoms with E-state index < -0.39 is 0 Å². The van der Waals surface area contributed by atoms with Gasteiger partial charge in [-0.2, -0.15) is 0 Å². The van der Waals surface area contributed by atoms with Crippen LogP contribution in [0.2, 0.25) is 0 Å². The van der Waals surface area contributed by atoms with Crippen molar-refractivity contribution in [3.8, 4) is 0 Å². The van der Waals surface area contributed by atoms with Crippen molar-refractivity contribution < 1.29 is 9.59 Å². The normalized spacial score (nSPS) is 15.6. The molecule has 156 valence electrons. The third-order valence-electron chi connectivity index (χ3n) is 5.00. The lowest BCUT2D eigenvalue weighted by Gasteiger charge is -2.32. The maximum atomic E-state index is 12.4. The topological polar surface area (TPSA) is 64.7 Å². The van der Waals surface area contributed by atoms with Gasteiger partial charge in [0.1, 0.15) is 0 Å². The van der Waals surface area contributed by atoms with Gasteiger partial charge in [0.2, 0.25) is 11.8 Å². The van der Waals surface area contributed by atoms with Crippen LogP contribution in [0.3, 0.4) is 0 Å². The number of likely N-dealkylation sites (N-methyl/N-ethyl adjacent to an activating group) is 1. The standard InChI is InChI=1S/C22H36N4O2/c1-6-25(16-21(28)24-22(3,4)5)15-20(27)23-18-7-9-19(10-8-18)26-13-11-17(2)12-14-26/h7-10,17H,6,11-16H2,1-5H3,(H,23,27)(H,24,28). The molecule has 1 saturated heterocycles. The molecule has 1 aliphatic heterocycles. The Bertz CT molecular complexity index is 643. The molecule has 1 aromatic rings. The molecule has 6 nitrogen and oxygen atoms in total. The van der Waals surface area contributed by atoms with E-state index in [1.807, 2.05) is 44.7 Å². The van der Waals surface area contributed by atoms with Crippen molar-refractivity contribution in [1.82, 2.24) is 10.2 Å². The van der Waals surface area contributed by atoms with Crippen LogP contribution in [-0.2, 0) is 9.59 Å². The maximum absolute atomic E-state index is 12.4. The lowest BCUT2D eigenvalue weighted by molar-refractivity contribution is -0.124. The average molecular weight is 389 g/mol. The lowest BCUT2D eigenvalue weighted by atomic mass is 9.99. The molecule has 0 radical (unpaired) electrons. The molecule has 1 heterocycles. The number of hydrogen-bond acceptors (Lipinski definition) is 4. The first-order valence-corrected chi connectivity index (χ1v) is 10.3. The second-order valence-electron chi connectivity index (χ2n) is 8.87. The van der Waals surface area contributed by atoms with E-state index in [4.69, 9.17) is 0 Å². The van der Waals surface area contributed by atoms with E-state index in [0.29, 0.717) is 6.54 Å². The minimum absolute atomic E-state index is 0.0673. The summed E-state index contributed by atoms with van der Waals surface area (Å²) in [5, 5.41) is 5.86. The first kappa shape index (κ1) is 22.2. The zero-order valence-corrected chi connectivity index (χ0v) is 18.0. The van der Waals surface area contributed by atoms with E-state index in [-0.39, 0.29) is 30.4 Å². The molecule has 1 aromatic carbocycles. The van der Waals surface area contributed by atoms with E-state index in [9.17, 15) is 9.59 Å². The summed E-state index contributed by atoms with van der Waals surface area (Å²) in [5.41, 5.74) is 1.72. The molecule has 0 aromatic heterocycles. The van der Waals surface area contributed by atoms with Crippen molar-refractivity contribution in [3.05, 3.63) is 24.3 Å². The van der Waals surface area contributed by atoms with E-state index in [1.165, 1.54) is 18.5 Å². The fourth-order valence-corrected chi connectivity index (χ4v) is 3.37. The Morgan fingerprint density at radius 1 is 1.07 bits per heavy atom. The summed E-state index contributed by atoms with van der Waals surface area (Å²) < 4.78 is 0. The van der Waals surface area contributed by atoms with Crippen molar-refractivity contribution in [2.24, 2.45) is 5.92 Å². The first-order valence-electron chi connectivity index (χ1n) is 10.3. The van der Waals surface area contributed by atoms with Crippen molar-refractivity contribution in [3.63, 3.8) is 0 Å². The Labute approximate surface area is 169 Å². The van der Waals surface area contributed by atoms with Gasteiger partial charge in [-0.25, -0.2) is 0 Å². The third-order valence-corrected chi connectivity index (χ3v) is 5.00. The molecule has 28 heavy (non-hydrogen) atoms. The molecule has 0 saturated carbocycles. The van der Waals surface area contributed by atoms with Gasteiger partial charge in [-0.1, -0.05) is 13.8 Å². The van der Waals surface area contributed by atoms with Crippen LogP contribution in [0.4, 0.5) is 11.4 Å². The highest BCUT2D eigenvalue weighted by Gasteiger charge is 2.18. The minimum Gasteiger partial charge on any atom is -0.372 e. The van der Waals surface area contributed by atoms with Crippen LogP contribution in [0.15, 0.2) is 24.3 Å². The highest BCUT2D eigenvalue weighted by Crippen LogP contribution is 2.24. The summed E-state index contributed by atoms with van der Waals surface area (Å²) >= 11 is 0. The van der Waals surface area contributed by atoms with E-state index in [0.717, 1.165) is 24.7 Å². The molecule has 2 rings (SSSR count). The lowest BCUT2D eigenvalue weighted by Crippen LogP contribution is -2.47. The minimum atomic E-state index is -0.271. The monoisotopic (exact) mass is 388 g/mol. The SMILES string of the molecule is CCN(CC(=O)Nc1ccc(N2CCC(C)CC2)cc1)CC(=O)NC(C)(C)C. The Hall–Kier alpha value is -2.08. The van der Waals surface area contributed by atoms with Crippen molar-refractivity contribution in [2.45, 2.75) is 53.0 Å². The highest BCUT2D eigenvalue weighted by molar-refractivity contribution is 5.92. The molecule has 0 aliphatic carbocycles. The van der Waals surface area contributed by atoms with E-state index >= 15 is 0 Å². The van der Waals surface area contributed by atoms with Crippen LogP contribution < -0.4 is 15.5 Å². The van der Waals surface area contributed by atoms with Crippen LogP contribution in [-0.4, -0.2) is 55.0 Å². The molecule has 1 fully saturated rings. The van der Waals surface area contributed by atoms with Crippen molar-refractivity contribution >= 4 is 23.2 Å². The average Bonchev–Trinajstić information content (AvgIpc) is 2.61. The summed E-state index contributed by atoms with van der Waals surface area (Å²) in [6.45, 7) is 13.3. The van der Waals surface area contributed by atoms with Gasteiger partial charge in [0.25, 0.3) is 0 Å². The molecule has 0 bridgehead atoms. The number of piperidine rings is 1. The molecular weight excluding hydrogens is 352 g/mol. The smallest absolute Gasteiger partial charge is 0.238 e. The van der Waals surface area contributed by atoms with Crippen LogP contribution in [0.5, 0.6) is 0 Å². The summed E-state index contributed by atoms with van der Waals surface area (Å²) in [6.07, 6.45) is 2.46. The second-order valence-corrected chi connectivity index (χ2v) is 8.87. The van der Waals surface area contributed by atoms with Gasteiger partial charge < -0.3 is 15.5 Å². The van der Waals surface area contributed by atoms with Crippen LogP contribution in [0, 0.1) is 5.92 Å². The Kier molecular flexibility index (Phi) is 7.87. The van der Waals surface area contributed by atoms with E-state index in [2.05, 4.69) is 34.6 Å². The number of carbonyl (C=O) groups is 2. The Morgan fingerprint density at radius 2 is 1.64 bits per heavy atom. The van der Waals surface area contributed by atoms with Crippen molar-refractivity contribution in [2.75, 3.05) is 42.9 Å². The first-order chi connectivity index (χ1) is 13.2. The molecule has 6 heteroatoms. The molecule has 0 spiro atoms. The number of rotatable bonds is 7. The van der Waals surface area contributed by atoms with Gasteiger partial charge in [-0.15, -0.1) is 0 Å². The molecule has 0 atom stereocenters.